The van der Waals surface area contributed by atoms with Crippen LogP contribution < -0.4 is 5.32 Å². The predicted molar refractivity (Wildman–Crippen MR) is 90.5 cm³/mol. The number of hydrogen-bond acceptors (Lipinski definition) is 4. The van der Waals surface area contributed by atoms with E-state index in [0.717, 1.165) is 37.9 Å². The van der Waals surface area contributed by atoms with Crippen molar-refractivity contribution in [1.29, 1.82) is 0 Å². The number of rotatable bonds is 9. The molecular formula is C16H26N2O2S. The number of carboxylic acid groups (broad SMARTS) is 1. The Hall–Kier alpha value is -1.23. The number of pyridine rings is 1. The Morgan fingerprint density at radius 3 is 2.48 bits per heavy atom. The summed E-state index contributed by atoms with van der Waals surface area (Å²) in [4.78, 5) is 15.7. The maximum Gasteiger partial charge on any atom is 0.335 e. The van der Waals surface area contributed by atoms with Crippen molar-refractivity contribution >= 4 is 23.5 Å². The number of aromatic nitrogens is 1. The SMILES string of the molecule is CCCc1cc(C(=O)O)cc(NCC(CC)(CC)SC)n1. The summed E-state index contributed by atoms with van der Waals surface area (Å²) >= 11 is 1.85. The zero-order valence-corrected chi connectivity index (χ0v) is 14.2. The van der Waals surface area contributed by atoms with Crippen molar-refractivity contribution < 1.29 is 9.90 Å². The Labute approximate surface area is 131 Å². The zero-order valence-electron chi connectivity index (χ0n) is 13.4. The summed E-state index contributed by atoms with van der Waals surface area (Å²) in [6.45, 7) is 7.23. The molecule has 118 valence electrons. The summed E-state index contributed by atoms with van der Waals surface area (Å²) in [6.07, 6.45) is 6.01. The molecule has 0 saturated heterocycles. The molecule has 2 N–H and O–H groups in total. The third-order valence-electron chi connectivity index (χ3n) is 3.94. The van der Waals surface area contributed by atoms with E-state index in [9.17, 15) is 9.90 Å². The molecule has 0 radical (unpaired) electrons. The number of carbonyl (C=O) groups is 1. The molecule has 1 aromatic rings. The molecule has 0 aliphatic rings. The first kappa shape index (κ1) is 17.8. The van der Waals surface area contributed by atoms with Crippen LogP contribution in [-0.2, 0) is 6.42 Å². The fraction of sp³-hybridized carbons (Fsp3) is 0.625. The van der Waals surface area contributed by atoms with Crippen LogP contribution in [0, 0.1) is 0 Å². The molecule has 0 unspecified atom stereocenters. The number of carboxylic acids is 1. The van der Waals surface area contributed by atoms with Crippen LogP contribution in [0.1, 0.15) is 56.1 Å². The summed E-state index contributed by atoms with van der Waals surface area (Å²) in [6, 6.07) is 3.29. The first-order valence-electron chi connectivity index (χ1n) is 7.53. The van der Waals surface area contributed by atoms with Gasteiger partial charge in [-0.3, -0.25) is 0 Å². The van der Waals surface area contributed by atoms with Gasteiger partial charge in [0.05, 0.1) is 5.56 Å². The van der Waals surface area contributed by atoms with E-state index in [2.05, 4.69) is 37.3 Å². The van der Waals surface area contributed by atoms with Gasteiger partial charge >= 0.3 is 5.97 Å². The van der Waals surface area contributed by atoms with Gasteiger partial charge in [-0.2, -0.15) is 11.8 Å². The lowest BCUT2D eigenvalue weighted by molar-refractivity contribution is 0.0696. The molecule has 0 amide bonds. The van der Waals surface area contributed by atoms with Crippen molar-refractivity contribution in [3.63, 3.8) is 0 Å². The van der Waals surface area contributed by atoms with E-state index in [1.54, 1.807) is 12.1 Å². The first-order valence-corrected chi connectivity index (χ1v) is 8.76. The second-order valence-corrected chi connectivity index (χ2v) is 6.51. The largest absolute Gasteiger partial charge is 0.478 e. The summed E-state index contributed by atoms with van der Waals surface area (Å²) in [5.74, 6) is -0.237. The van der Waals surface area contributed by atoms with Crippen LogP contribution in [0.3, 0.4) is 0 Å². The average molecular weight is 310 g/mol. The summed E-state index contributed by atoms with van der Waals surface area (Å²) in [5, 5.41) is 12.5. The van der Waals surface area contributed by atoms with Crippen molar-refractivity contribution in [3.8, 4) is 0 Å². The molecule has 0 aliphatic heterocycles. The van der Waals surface area contributed by atoms with Crippen molar-refractivity contribution in [2.24, 2.45) is 0 Å². The lowest BCUT2D eigenvalue weighted by Gasteiger charge is -2.30. The van der Waals surface area contributed by atoms with Crippen LogP contribution in [0.15, 0.2) is 12.1 Å². The Kier molecular flexibility index (Phi) is 7.02. The van der Waals surface area contributed by atoms with E-state index in [1.165, 1.54) is 0 Å². The number of thioether (sulfide) groups is 1. The van der Waals surface area contributed by atoms with Crippen LogP contribution in [0.5, 0.6) is 0 Å². The highest BCUT2D eigenvalue weighted by Crippen LogP contribution is 2.30. The minimum Gasteiger partial charge on any atom is -0.478 e. The van der Waals surface area contributed by atoms with Gasteiger partial charge in [-0.1, -0.05) is 27.2 Å². The molecule has 1 rings (SSSR count). The summed E-state index contributed by atoms with van der Waals surface area (Å²) in [7, 11) is 0. The molecule has 21 heavy (non-hydrogen) atoms. The van der Waals surface area contributed by atoms with Gasteiger partial charge in [0.2, 0.25) is 0 Å². The van der Waals surface area contributed by atoms with Gasteiger partial charge in [0.1, 0.15) is 5.82 Å². The highest BCUT2D eigenvalue weighted by Gasteiger charge is 2.24. The van der Waals surface area contributed by atoms with Crippen molar-refractivity contribution in [2.75, 3.05) is 18.1 Å². The number of nitrogens with one attached hydrogen (secondary N) is 1. The van der Waals surface area contributed by atoms with Crippen molar-refractivity contribution in [1.82, 2.24) is 4.98 Å². The van der Waals surface area contributed by atoms with E-state index < -0.39 is 5.97 Å². The van der Waals surface area contributed by atoms with Gasteiger partial charge < -0.3 is 10.4 Å². The molecule has 1 aromatic heterocycles. The number of aryl methyl sites for hydroxylation is 1. The molecule has 0 spiro atoms. The van der Waals surface area contributed by atoms with E-state index in [-0.39, 0.29) is 4.75 Å². The highest BCUT2D eigenvalue weighted by molar-refractivity contribution is 8.00. The standard InChI is InChI=1S/C16H26N2O2S/c1-5-8-13-9-12(15(19)20)10-14(18-13)17-11-16(6-2,7-3)21-4/h9-10H,5-8,11H2,1-4H3,(H,17,18)(H,19,20). The van der Waals surface area contributed by atoms with E-state index in [0.29, 0.717) is 11.4 Å². The molecule has 0 aliphatic carbocycles. The fourth-order valence-corrected chi connectivity index (χ4v) is 3.09. The van der Waals surface area contributed by atoms with Crippen LogP contribution >= 0.6 is 11.8 Å². The number of nitrogens with zero attached hydrogens (tertiary/aromatic N) is 1. The maximum atomic E-state index is 11.2. The lowest BCUT2D eigenvalue weighted by atomic mass is 10.0. The molecule has 0 aromatic carbocycles. The average Bonchev–Trinajstić information content (AvgIpc) is 2.49. The Morgan fingerprint density at radius 1 is 1.33 bits per heavy atom. The molecule has 0 saturated carbocycles. The first-order chi connectivity index (χ1) is 10.00. The second kappa shape index (κ2) is 8.27. The lowest BCUT2D eigenvalue weighted by Crippen LogP contribution is -2.32. The molecule has 0 bridgehead atoms. The van der Waals surface area contributed by atoms with E-state index >= 15 is 0 Å². The third kappa shape index (κ3) is 4.92. The molecular weight excluding hydrogens is 284 g/mol. The maximum absolute atomic E-state index is 11.2. The van der Waals surface area contributed by atoms with Gasteiger partial charge in [0, 0.05) is 17.0 Å². The fourth-order valence-electron chi connectivity index (χ4n) is 2.30. The van der Waals surface area contributed by atoms with E-state index in [4.69, 9.17) is 0 Å². The topological polar surface area (TPSA) is 62.2 Å². The van der Waals surface area contributed by atoms with Crippen LogP contribution in [0.25, 0.3) is 0 Å². The number of anilines is 1. The van der Waals surface area contributed by atoms with Crippen LogP contribution in [0.2, 0.25) is 0 Å². The molecule has 0 fully saturated rings. The second-order valence-electron chi connectivity index (χ2n) is 5.24. The van der Waals surface area contributed by atoms with Gasteiger partial charge in [0.15, 0.2) is 0 Å². The molecule has 5 heteroatoms. The summed E-state index contributed by atoms with van der Waals surface area (Å²) < 4.78 is 0.172. The number of hydrogen-bond donors (Lipinski definition) is 2. The van der Waals surface area contributed by atoms with Crippen LogP contribution in [-0.4, -0.2) is 33.6 Å². The highest BCUT2D eigenvalue weighted by atomic mass is 32.2. The quantitative estimate of drug-likeness (QED) is 0.720. The van der Waals surface area contributed by atoms with E-state index in [1.807, 2.05) is 11.8 Å². The van der Waals surface area contributed by atoms with Gasteiger partial charge in [-0.25, -0.2) is 9.78 Å². The third-order valence-corrected chi connectivity index (χ3v) is 5.53. The molecule has 0 atom stereocenters. The smallest absolute Gasteiger partial charge is 0.335 e. The Balaban J connectivity index is 2.93. The van der Waals surface area contributed by atoms with Gasteiger partial charge in [-0.15, -0.1) is 0 Å². The predicted octanol–water partition coefficient (Wildman–Crippen LogP) is 4.07. The molecule has 4 nitrogen and oxygen atoms in total. The zero-order chi connectivity index (χ0) is 15.9. The Bertz CT molecular complexity index is 465. The summed E-state index contributed by atoms with van der Waals surface area (Å²) in [5.41, 5.74) is 1.14. The van der Waals surface area contributed by atoms with Crippen molar-refractivity contribution in [2.45, 2.75) is 51.2 Å². The number of aromatic carboxylic acids is 1. The van der Waals surface area contributed by atoms with Crippen molar-refractivity contribution in [3.05, 3.63) is 23.4 Å². The van der Waals surface area contributed by atoms with Gasteiger partial charge in [0.25, 0.3) is 0 Å². The minimum absolute atomic E-state index is 0.172. The Morgan fingerprint density at radius 2 is 2.00 bits per heavy atom. The monoisotopic (exact) mass is 310 g/mol. The molecule has 1 heterocycles. The van der Waals surface area contributed by atoms with Gasteiger partial charge in [-0.05, 0) is 37.7 Å². The minimum atomic E-state index is -0.903. The normalized spacial score (nSPS) is 11.4. The van der Waals surface area contributed by atoms with Crippen LogP contribution in [0.4, 0.5) is 5.82 Å².